The summed E-state index contributed by atoms with van der Waals surface area (Å²) in [5.74, 6) is -0.160. The van der Waals surface area contributed by atoms with Crippen molar-refractivity contribution >= 4 is 0 Å². The van der Waals surface area contributed by atoms with Gasteiger partial charge in [-0.25, -0.2) is 4.39 Å². The zero-order valence-corrected chi connectivity index (χ0v) is 6.55. The fourth-order valence-electron chi connectivity index (χ4n) is 0.918. The van der Waals surface area contributed by atoms with E-state index in [9.17, 15) is 4.39 Å². The molecule has 0 saturated carbocycles. The molecule has 0 radical (unpaired) electrons. The van der Waals surface area contributed by atoms with Gasteiger partial charge >= 0.3 is 0 Å². The van der Waals surface area contributed by atoms with Crippen LogP contribution in [0.4, 0.5) is 4.39 Å². The highest BCUT2D eigenvalue weighted by Crippen LogP contribution is 2.04. The third-order valence-corrected chi connectivity index (χ3v) is 1.48. The van der Waals surface area contributed by atoms with Crippen LogP contribution in [0.1, 0.15) is 12.5 Å². The van der Waals surface area contributed by atoms with Crippen LogP contribution in [0.25, 0.3) is 0 Å². The first-order valence-corrected chi connectivity index (χ1v) is 3.68. The van der Waals surface area contributed by atoms with Crippen molar-refractivity contribution in [1.82, 2.24) is 0 Å². The molecule has 58 valence electrons. The number of rotatable bonds is 2. The molecular weight excluding hydrogens is 139 g/mol. The first kappa shape index (κ1) is 7.99. The normalized spacial score (nSPS) is 10.7. The number of hydrogen-bond donors (Lipinski definition) is 0. The minimum absolute atomic E-state index is 0.160. The SMILES string of the molecule is C/C=C/Cc1cccc(F)c1. The highest BCUT2D eigenvalue weighted by atomic mass is 19.1. The van der Waals surface area contributed by atoms with Crippen molar-refractivity contribution in [2.75, 3.05) is 0 Å². The van der Waals surface area contributed by atoms with Gasteiger partial charge in [-0.3, -0.25) is 0 Å². The monoisotopic (exact) mass is 150 g/mol. The van der Waals surface area contributed by atoms with Crippen molar-refractivity contribution < 1.29 is 4.39 Å². The Balaban J connectivity index is 2.71. The molecule has 0 atom stereocenters. The number of halogens is 1. The van der Waals surface area contributed by atoms with Crippen LogP contribution >= 0.6 is 0 Å². The summed E-state index contributed by atoms with van der Waals surface area (Å²) in [6, 6.07) is 6.66. The van der Waals surface area contributed by atoms with Crippen molar-refractivity contribution in [3.63, 3.8) is 0 Å². The highest BCUT2D eigenvalue weighted by molar-refractivity contribution is 5.18. The predicted molar refractivity (Wildman–Crippen MR) is 44.9 cm³/mol. The Hall–Kier alpha value is -1.11. The van der Waals surface area contributed by atoms with Crippen LogP contribution in [0.2, 0.25) is 0 Å². The molecule has 0 heterocycles. The Labute approximate surface area is 66.4 Å². The van der Waals surface area contributed by atoms with Crippen LogP contribution in [-0.4, -0.2) is 0 Å². The summed E-state index contributed by atoms with van der Waals surface area (Å²) in [7, 11) is 0. The second-order valence-corrected chi connectivity index (χ2v) is 2.40. The number of allylic oxidation sites excluding steroid dienone is 2. The van der Waals surface area contributed by atoms with Crippen LogP contribution in [0.5, 0.6) is 0 Å². The highest BCUT2D eigenvalue weighted by Gasteiger charge is 1.90. The molecular formula is C10H11F. The molecule has 1 aromatic rings. The molecule has 1 heteroatoms. The molecule has 0 aliphatic carbocycles. The molecule has 0 amide bonds. The van der Waals surface area contributed by atoms with Crippen LogP contribution in [-0.2, 0) is 6.42 Å². The van der Waals surface area contributed by atoms with Gasteiger partial charge in [0.2, 0.25) is 0 Å². The maximum absolute atomic E-state index is 12.6. The Bertz CT molecular complexity index is 251. The molecule has 0 fully saturated rings. The first-order valence-electron chi connectivity index (χ1n) is 3.68. The summed E-state index contributed by atoms with van der Waals surface area (Å²) < 4.78 is 12.6. The third-order valence-electron chi connectivity index (χ3n) is 1.48. The molecule has 1 rings (SSSR count). The summed E-state index contributed by atoms with van der Waals surface area (Å²) in [5, 5.41) is 0. The maximum Gasteiger partial charge on any atom is 0.123 e. The molecule has 0 N–H and O–H groups in total. The molecule has 1 aromatic carbocycles. The Morgan fingerprint density at radius 3 is 2.91 bits per heavy atom. The van der Waals surface area contributed by atoms with E-state index in [0.717, 1.165) is 12.0 Å². The van der Waals surface area contributed by atoms with Crippen LogP contribution in [0.3, 0.4) is 0 Å². The topological polar surface area (TPSA) is 0 Å². The minimum Gasteiger partial charge on any atom is -0.207 e. The lowest BCUT2D eigenvalue weighted by atomic mass is 10.1. The fraction of sp³-hybridized carbons (Fsp3) is 0.200. The van der Waals surface area contributed by atoms with Crippen molar-refractivity contribution in [2.24, 2.45) is 0 Å². The zero-order chi connectivity index (χ0) is 8.10. The lowest BCUT2D eigenvalue weighted by molar-refractivity contribution is 0.626. The zero-order valence-electron chi connectivity index (χ0n) is 6.55. The quantitative estimate of drug-likeness (QED) is 0.568. The van der Waals surface area contributed by atoms with Gasteiger partial charge in [0.15, 0.2) is 0 Å². The summed E-state index contributed by atoms with van der Waals surface area (Å²) in [6.07, 6.45) is 4.79. The van der Waals surface area contributed by atoms with Crippen molar-refractivity contribution in [3.05, 3.63) is 47.8 Å². The first-order chi connectivity index (χ1) is 5.33. The second-order valence-electron chi connectivity index (χ2n) is 2.40. The van der Waals surface area contributed by atoms with E-state index in [1.165, 1.54) is 6.07 Å². The van der Waals surface area contributed by atoms with Crippen LogP contribution in [0, 0.1) is 5.82 Å². The lowest BCUT2D eigenvalue weighted by Crippen LogP contribution is -1.81. The average molecular weight is 150 g/mol. The van der Waals surface area contributed by atoms with Gasteiger partial charge in [0.25, 0.3) is 0 Å². The van der Waals surface area contributed by atoms with Crippen LogP contribution < -0.4 is 0 Å². The fourth-order valence-corrected chi connectivity index (χ4v) is 0.918. The standard InChI is InChI=1S/C10H11F/c1-2-3-5-9-6-4-7-10(11)8-9/h2-4,6-8H,5H2,1H3/b3-2+. The van der Waals surface area contributed by atoms with Gasteiger partial charge in [0, 0.05) is 0 Å². The molecule has 0 nitrogen and oxygen atoms in total. The molecule has 0 aliphatic rings. The summed E-state index contributed by atoms with van der Waals surface area (Å²) in [4.78, 5) is 0. The Kier molecular flexibility index (Phi) is 2.84. The average Bonchev–Trinajstić information content (AvgIpc) is 2.01. The Morgan fingerprint density at radius 1 is 1.45 bits per heavy atom. The van der Waals surface area contributed by atoms with E-state index in [1.807, 2.05) is 25.1 Å². The van der Waals surface area contributed by atoms with Gasteiger partial charge < -0.3 is 0 Å². The molecule has 0 spiro atoms. The molecule has 0 aromatic heterocycles. The largest absolute Gasteiger partial charge is 0.207 e. The second kappa shape index (κ2) is 3.91. The predicted octanol–water partition coefficient (Wildman–Crippen LogP) is 2.94. The van der Waals surface area contributed by atoms with E-state index in [1.54, 1.807) is 12.1 Å². The Morgan fingerprint density at radius 2 is 2.27 bits per heavy atom. The molecule has 0 saturated heterocycles. The number of benzene rings is 1. The van der Waals surface area contributed by atoms with E-state index in [2.05, 4.69) is 0 Å². The van der Waals surface area contributed by atoms with E-state index < -0.39 is 0 Å². The summed E-state index contributed by atoms with van der Waals surface area (Å²) >= 11 is 0. The maximum atomic E-state index is 12.6. The van der Waals surface area contributed by atoms with Crippen molar-refractivity contribution in [3.8, 4) is 0 Å². The van der Waals surface area contributed by atoms with E-state index in [0.29, 0.717) is 0 Å². The van der Waals surface area contributed by atoms with Gasteiger partial charge in [0.1, 0.15) is 5.82 Å². The summed E-state index contributed by atoms with van der Waals surface area (Å²) in [6.45, 7) is 1.96. The van der Waals surface area contributed by atoms with Crippen molar-refractivity contribution in [2.45, 2.75) is 13.3 Å². The molecule has 11 heavy (non-hydrogen) atoms. The lowest BCUT2D eigenvalue weighted by Gasteiger charge is -1.94. The molecule has 0 unspecified atom stereocenters. The van der Waals surface area contributed by atoms with Gasteiger partial charge in [-0.15, -0.1) is 0 Å². The van der Waals surface area contributed by atoms with E-state index in [-0.39, 0.29) is 5.82 Å². The van der Waals surface area contributed by atoms with Gasteiger partial charge in [0.05, 0.1) is 0 Å². The molecule has 0 bridgehead atoms. The van der Waals surface area contributed by atoms with E-state index >= 15 is 0 Å². The van der Waals surface area contributed by atoms with Crippen molar-refractivity contribution in [1.29, 1.82) is 0 Å². The van der Waals surface area contributed by atoms with Gasteiger partial charge in [-0.2, -0.15) is 0 Å². The van der Waals surface area contributed by atoms with Gasteiger partial charge in [-0.05, 0) is 31.0 Å². The molecule has 0 aliphatic heterocycles. The van der Waals surface area contributed by atoms with Crippen LogP contribution in [0.15, 0.2) is 36.4 Å². The van der Waals surface area contributed by atoms with E-state index in [4.69, 9.17) is 0 Å². The smallest absolute Gasteiger partial charge is 0.123 e. The third kappa shape index (κ3) is 2.54. The number of hydrogen-bond acceptors (Lipinski definition) is 0. The summed E-state index contributed by atoms with van der Waals surface area (Å²) in [5.41, 5.74) is 1.02. The van der Waals surface area contributed by atoms with Gasteiger partial charge in [-0.1, -0.05) is 24.3 Å². The minimum atomic E-state index is -0.160.